The number of nitrogens with zero attached hydrogens (tertiary/aromatic N) is 3. The minimum absolute atomic E-state index is 0.118. The molecule has 1 atom stereocenters. The molecule has 124 valence electrons. The number of aromatic nitrogens is 2. The van der Waals surface area contributed by atoms with E-state index in [1.807, 2.05) is 0 Å². The van der Waals surface area contributed by atoms with Crippen molar-refractivity contribution in [1.29, 1.82) is 0 Å². The van der Waals surface area contributed by atoms with Crippen molar-refractivity contribution >= 4 is 21.6 Å². The van der Waals surface area contributed by atoms with Gasteiger partial charge in [0.05, 0.1) is 19.5 Å². The first kappa shape index (κ1) is 16.3. The second-order valence-electron chi connectivity index (χ2n) is 5.35. The van der Waals surface area contributed by atoms with E-state index in [2.05, 4.69) is 5.10 Å². The largest absolute Gasteiger partial charge is 0.494 e. The van der Waals surface area contributed by atoms with Gasteiger partial charge in [0.15, 0.2) is 0 Å². The van der Waals surface area contributed by atoms with Gasteiger partial charge in [-0.25, -0.2) is 13.1 Å². The minimum atomic E-state index is -3.59. The Labute approximate surface area is 139 Å². The first-order chi connectivity index (χ1) is 10.9. The zero-order valence-electron chi connectivity index (χ0n) is 12.5. The monoisotopic (exact) mass is 356 g/mol. The van der Waals surface area contributed by atoms with E-state index in [1.54, 1.807) is 18.2 Å². The predicted octanol–water partition coefficient (Wildman–Crippen LogP) is 1.26. The summed E-state index contributed by atoms with van der Waals surface area (Å²) in [4.78, 5) is 0.119. The zero-order valence-corrected chi connectivity index (χ0v) is 14.1. The van der Waals surface area contributed by atoms with Crippen LogP contribution in [0, 0.1) is 0 Å². The summed E-state index contributed by atoms with van der Waals surface area (Å²) in [6.45, 7) is 0.753. The molecule has 3 rings (SSSR count). The number of nitrogens with two attached hydrogens (primary N) is 1. The molecule has 23 heavy (non-hydrogen) atoms. The second-order valence-corrected chi connectivity index (χ2v) is 7.72. The Morgan fingerprint density at radius 3 is 2.87 bits per heavy atom. The molecule has 0 spiro atoms. The number of benzene rings is 1. The summed E-state index contributed by atoms with van der Waals surface area (Å²) < 4.78 is 33.3. The van der Waals surface area contributed by atoms with Crippen molar-refractivity contribution in [2.45, 2.75) is 17.4 Å². The van der Waals surface area contributed by atoms with Crippen molar-refractivity contribution in [1.82, 2.24) is 14.1 Å². The van der Waals surface area contributed by atoms with Gasteiger partial charge in [-0.1, -0.05) is 11.6 Å². The summed E-state index contributed by atoms with van der Waals surface area (Å²) in [6.07, 6.45) is 3.43. The molecular formula is C14H17ClN4O3S. The minimum Gasteiger partial charge on any atom is -0.494 e. The van der Waals surface area contributed by atoms with Gasteiger partial charge in [-0.15, -0.1) is 0 Å². The third-order valence-electron chi connectivity index (χ3n) is 3.77. The van der Waals surface area contributed by atoms with Crippen molar-refractivity contribution < 1.29 is 13.2 Å². The number of sulfonamides is 1. The number of hydrogen-bond acceptors (Lipinski definition) is 5. The summed E-state index contributed by atoms with van der Waals surface area (Å²) >= 11 is 6.00. The summed E-state index contributed by atoms with van der Waals surface area (Å²) in [7, 11) is -2.06. The maximum absolute atomic E-state index is 12.6. The lowest BCUT2D eigenvalue weighted by Crippen LogP contribution is -2.31. The fourth-order valence-electron chi connectivity index (χ4n) is 2.53. The van der Waals surface area contributed by atoms with E-state index in [0.29, 0.717) is 36.0 Å². The van der Waals surface area contributed by atoms with Crippen molar-refractivity contribution in [3.05, 3.63) is 35.6 Å². The smallest absolute Gasteiger partial charge is 0.246 e. The number of ether oxygens (including phenoxy) is 1. The van der Waals surface area contributed by atoms with Crippen molar-refractivity contribution in [2.24, 2.45) is 5.73 Å². The molecule has 0 bridgehead atoms. The normalized spacial score (nSPS) is 19.2. The lowest BCUT2D eigenvalue weighted by Gasteiger charge is -2.14. The molecule has 1 aliphatic rings. The van der Waals surface area contributed by atoms with Crippen LogP contribution in [-0.2, 0) is 10.0 Å². The Morgan fingerprint density at radius 1 is 1.43 bits per heavy atom. The first-order valence-electron chi connectivity index (χ1n) is 7.06. The highest BCUT2D eigenvalue weighted by molar-refractivity contribution is 7.89. The maximum atomic E-state index is 12.6. The fourth-order valence-corrected chi connectivity index (χ4v) is 4.15. The standard InChI is InChI=1S/C14H17ClN4O3S/c1-22-14-3-2-10(15)6-13(14)19-9-12(7-17-19)23(20,21)18-5-4-11(16)8-18/h2-3,6-7,9,11H,4-5,8,16H2,1H3. The average Bonchev–Trinajstić information content (AvgIpc) is 3.16. The van der Waals surface area contributed by atoms with Crippen molar-refractivity contribution in [3.8, 4) is 11.4 Å². The molecule has 0 aliphatic carbocycles. The van der Waals surface area contributed by atoms with Crippen LogP contribution in [0.4, 0.5) is 0 Å². The number of rotatable bonds is 4. The molecular weight excluding hydrogens is 340 g/mol. The molecule has 2 aromatic rings. The van der Waals surface area contributed by atoms with E-state index in [1.165, 1.54) is 28.5 Å². The molecule has 1 aliphatic heterocycles. The molecule has 1 aromatic carbocycles. The molecule has 0 radical (unpaired) electrons. The molecule has 0 saturated carbocycles. The molecule has 9 heteroatoms. The Hall–Kier alpha value is -1.61. The van der Waals surface area contributed by atoms with Gasteiger partial charge >= 0.3 is 0 Å². The van der Waals surface area contributed by atoms with Crippen LogP contribution in [0.1, 0.15) is 6.42 Å². The average molecular weight is 357 g/mol. The van der Waals surface area contributed by atoms with Gasteiger partial charge in [-0.3, -0.25) is 0 Å². The van der Waals surface area contributed by atoms with Crippen LogP contribution in [-0.4, -0.2) is 48.7 Å². The van der Waals surface area contributed by atoms with Gasteiger partial charge in [-0.2, -0.15) is 9.40 Å². The Morgan fingerprint density at radius 2 is 2.22 bits per heavy atom. The third-order valence-corrected chi connectivity index (χ3v) is 5.82. The molecule has 0 amide bonds. The number of halogens is 1. The topological polar surface area (TPSA) is 90.5 Å². The lowest BCUT2D eigenvalue weighted by atomic mass is 10.3. The van der Waals surface area contributed by atoms with E-state index in [0.717, 1.165) is 0 Å². The highest BCUT2D eigenvalue weighted by atomic mass is 35.5. The molecule has 1 saturated heterocycles. The molecule has 1 fully saturated rings. The summed E-state index contributed by atoms with van der Waals surface area (Å²) in [5.41, 5.74) is 6.36. The van der Waals surface area contributed by atoms with Crippen LogP contribution in [0.2, 0.25) is 5.02 Å². The van der Waals surface area contributed by atoms with E-state index >= 15 is 0 Å². The summed E-state index contributed by atoms with van der Waals surface area (Å²) in [6, 6.07) is 4.94. The molecule has 1 unspecified atom stereocenters. The Balaban J connectivity index is 1.96. The zero-order chi connectivity index (χ0) is 16.6. The van der Waals surface area contributed by atoms with Crippen LogP contribution in [0.3, 0.4) is 0 Å². The van der Waals surface area contributed by atoms with Gasteiger partial charge in [-0.05, 0) is 24.6 Å². The van der Waals surface area contributed by atoms with Crippen LogP contribution < -0.4 is 10.5 Å². The van der Waals surface area contributed by atoms with Gasteiger partial charge < -0.3 is 10.5 Å². The molecule has 7 nitrogen and oxygen atoms in total. The molecule has 2 heterocycles. The van der Waals surface area contributed by atoms with Crippen molar-refractivity contribution in [2.75, 3.05) is 20.2 Å². The molecule has 2 N–H and O–H groups in total. The van der Waals surface area contributed by atoms with E-state index in [9.17, 15) is 8.42 Å². The van der Waals surface area contributed by atoms with Crippen LogP contribution in [0.15, 0.2) is 35.5 Å². The van der Waals surface area contributed by atoms with Crippen LogP contribution >= 0.6 is 11.6 Å². The van der Waals surface area contributed by atoms with Gasteiger partial charge in [0.2, 0.25) is 10.0 Å². The summed E-state index contributed by atoms with van der Waals surface area (Å²) in [5.74, 6) is 0.546. The number of methoxy groups -OCH3 is 1. The highest BCUT2D eigenvalue weighted by Gasteiger charge is 2.32. The van der Waals surface area contributed by atoms with Crippen molar-refractivity contribution in [3.63, 3.8) is 0 Å². The lowest BCUT2D eigenvalue weighted by molar-refractivity contribution is 0.411. The Kier molecular flexibility index (Phi) is 4.33. The predicted molar refractivity (Wildman–Crippen MR) is 86.5 cm³/mol. The van der Waals surface area contributed by atoms with E-state index in [4.69, 9.17) is 22.1 Å². The summed E-state index contributed by atoms with van der Waals surface area (Å²) in [5, 5.41) is 4.64. The second kappa shape index (κ2) is 6.12. The fraction of sp³-hybridized carbons (Fsp3) is 0.357. The van der Waals surface area contributed by atoms with Crippen LogP contribution in [0.5, 0.6) is 5.75 Å². The van der Waals surface area contributed by atoms with Gasteiger partial charge in [0, 0.05) is 24.2 Å². The maximum Gasteiger partial charge on any atom is 0.246 e. The number of hydrogen-bond donors (Lipinski definition) is 1. The van der Waals surface area contributed by atoms with E-state index < -0.39 is 10.0 Å². The Bertz CT molecular complexity index is 821. The van der Waals surface area contributed by atoms with Gasteiger partial charge in [0.1, 0.15) is 16.3 Å². The molecule has 1 aromatic heterocycles. The van der Waals surface area contributed by atoms with E-state index in [-0.39, 0.29) is 10.9 Å². The van der Waals surface area contributed by atoms with Crippen LogP contribution in [0.25, 0.3) is 5.69 Å². The highest BCUT2D eigenvalue weighted by Crippen LogP contribution is 2.27. The quantitative estimate of drug-likeness (QED) is 0.890. The third kappa shape index (κ3) is 3.07. The van der Waals surface area contributed by atoms with Gasteiger partial charge in [0.25, 0.3) is 0 Å². The SMILES string of the molecule is COc1ccc(Cl)cc1-n1cc(S(=O)(=O)N2CCC(N)C2)cn1. The first-order valence-corrected chi connectivity index (χ1v) is 8.88.